The maximum Gasteiger partial charge on any atom is 0.217 e. The van der Waals surface area contributed by atoms with Gasteiger partial charge in [-0.25, -0.2) is 4.98 Å². The Morgan fingerprint density at radius 1 is 1.11 bits per heavy atom. The van der Waals surface area contributed by atoms with Crippen molar-refractivity contribution in [1.82, 2.24) is 4.98 Å². The van der Waals surface area contributed by atoms with Crippen LogP contribution in [0, 0.1) is 0 Å². The van der Waals surface area contributed by atoms with Gasteiger partial charge in [0.15, 0.2) is 6.29 Å². The van der Waals surface area contributed by atoms with Crippen LogP contribution < -0.4 is 4.74 Å². The Balaban J connectivity index is 1.54. The number of aromatic nitrogens is 1. The van der Waals surface area contributed by atoms with Gasteiger partial charge in [-0.05, 0) is 43.7 Å². The maximum atomic E-state index is 9.98. The van der Waals surface area contributed by atoms with Crippen LogP contribution in [-0.2, 0) is 28.7 Å². The minimum atomic E-state index is -0.386. The van der Waals surface area contributed by atoms with Gasteiger partial charge in [-0.3, -0.25) is 0 Å². The van der Waals surface area contributed by atoms with E-state index in [1.54, 1.807) is 6.07 Å². The standard InChI is InChI=1S/C22H29NO4/c1-3-4-17-5-7-18(8-6-17)9-10-19-13-20(24)14-21(23-19)26-15-22-25-12-11-16(2)27-22/h5-8,13-14,16,22H,3-4,9-12,15H2,1-2H3,(H,23,24). The Kier molecular flexibility index (Phi) is 7.07. The molecule has 0 radical (unpaired) electrons. The quantitative estimate of drug-likeness (QED) is 0.758. The number of hydrogen-bond acceptors (Lipinski definition) is 5. The van der Waals surface area contributed by atoms with E-state index in [0.29, 0.717) is 12.5 Å². The molecule has 1 aliphatic heterocycles. The fraction of sp³-hybridized carbons (Fsp3) is 0.500. The highest BCUT2D eigenvalue weighted by atomic mass is 16.7. The van der Waals surface area contributed by atoms with E-state index in [1.807, 2.05) is 6.92 Å². The van der Waals surface area contributed by atoms with Crippen molar-refractivity contribution in [3.63, 3.8) is 0 Å². The van der Waals surface area contributed by atoms with Gasteiger partial charge in [-0.1, -0.05) is 37.6 Å². The molecule has 0 amide bonds. The summed E-state index contributed by atoms with van der Waals surface area (Å²) in [6.45, 7) is 5.15. The molecule has 1 saturated heterocycles. The molecular formula is C22H29NO4. The Morgan fingerprint density at radius 3 is 2.56 bits per heavy atom. The highest BCUT2D eigenvalue weighted by Gasteiger charge is 2.20. The summed E-state index contributed by atoms with van der Waals surface area (Å²) in [7, 11) is 0. The van der Waals surface area contributed by atoms with Crippen LogP contribution in [0.15, 0.2) is 36.4 Å². The number of nitrogens with zero attached hydrogens (tertiary/aromatic N) is 1. The summed E-state index contributed by atoms with van der Waals surface area (Å²) in [5.74, 6) is 0.556. The van der Waals surface area contributed by atoms with Gasteiger partial charge in [0.2, 0.25) is 5.88 Å². The molecule has 0 saturated carbocycles. The van der Waals surface area contributed by atoms with Gasteiger partial charge in [0.05, 0.1) is 12.7 Å². The average Bonchev–Trinajstić information content (AvgIpc) is 2.66. The van der Waals surface area contributed by atoms with Crippen LogP contribution in [0.2, 0.25) is 0 Å². The summed E-state index contributed by atoms with van der Waals surface area (Å²) in [5, 5.41) is 9.98. The van der Waals surface area contributed by atoms with Gasteiger partial charge in [0.1, 0.15) is 12.4 Å². The number of aryl methyl sites for hydroxylation is 3. The van der Waals surface area contributed by atoms with Gasteiger partial charge in [0, 0.05) is 17.8 Å². The smallest absolute Gasteiger partial charge is 0.217 e. The fourth-order valence-electron chi connectivity index (χ4n) is 3.15. The van der Waals surface area contributed by atoms with Crippen molar-refractivity contribution in [2.45, 2.75) is 58.3 Å². The molecule has 3 rings (SSSR count). The number of pyridine rings is 1. The predicted molar refractivity (Wildman–Crippen MR) is 104 cm³/mol. The minimum Gasteiger partial charge on any atom is -0.508 e. The van der Waals surface area contributed by atoms with E-state index in [0.717, 1.165) is 37.8 Å². The summed E-state index contributed by atoms with van der Waals surface area (Å²) < 4.78 is 16.9. The lowest BCUT2D eigenvalue weighted by Gasteiger charge is -2.27. The van der Waals surface area contributed by atoms with Crippen LogP contribution in [0.3, 0.4) is 0 Å². The highest BCUT2D eigenvalue weighted by Crippen LogP contribution is 2.21. The van der Waals surface area contributed by atoms with Gasteiger partial charge >= 0.3 is 0 Å². The van der Waals surface area contributed by atoms with Crippen LogP contribution in [0.25, 0.3) is 0 Å². The third-order valence-corrected chi connectivity index (χ3v) is 4.65. The summed E-state index contributed by atoms with van der Waals surface area (Å²) in [5.41, 5.74) is 3.44. The molecule has 1 aliphatic rings. The Bertz CT molecular complexity index is 717. The van der Waals surface area contributed by atoms with Gasteiger partial charge in [0.25, 0.3) is 0 Å². The second-order valence-corrected chi connectivity index (χ2v) is 7.07. The molecule has 0 spiro atoms. The molecule has 27 heavy (non-hydrogen) atoms. The van der Waals surface area contributed by atoms with E-state index in [1.165, 1.54) is 17.2 Å². The molecule has 1 aromatic heterocycles. The number of hydrogen-bond donors (Lipinski definition) is 1. The largest absolute Gasteiger partial charge is 0.508 e. The number of benzene rings is 1. The van der Waals surface area contributed by atoms with E-state index in [-0.39, 0.29) is 24.8 Å². The molecular weight excluding hydrogens is 342 g/mol. The van der Waals surface area contributed by atoms with Crippen LogP contribution in [0.1, 0.15) is 43.5 Å². The fourth-order valence-corrected chi connectivity index (χ4v) is 3.15. The summed E-state index contributed by atoms with van der Waals surface area (Å²) >= 11 is 0. The van der Waals surface area contributed by atoms with Gasteiger partial charge in [-0.2, -0.15) is 0 Å². The third-order valence-electron chi connectivity index (χ3n) is 4.65. The topological polar surface area (TPSA) is 60.8 Å². The average molecular weight is 371 g/mol. The first-order valence-corrected chi connectivity index (χ1v) is 9.80. The summed E-state index contributed by atoms with van der Waals surface area (Å²) in [6.07, 6.45) is 4.56. The molecule has 2 atom stereocenters. The molecule has 5 heteroatoms. The van der Waals surface area contributed by atoms with E-state index < -0.39 is 0 Å². The van der Waals surface area contributed by atoms with Crippen LogP contribution >= 0.6 is 0 Å². The molecule has 2 unspecified atom stereocenters. The third kappa shape index (κ3) is 6.22. The van der Waals surface area contributed by atoms with Crippen molar-refractivity contribution >= 4 is 0 Å². The Hall–Kier alpha value is -2.11. The summed E-state index contributed by atoms with van der Waals surface area (Å²) in [6, 6.07) is 11.9. The molecule has 1 fully saturated rings. The number of ether oxygens (including phenoxy) is 3. The van der Waals surface area contributed by atoms with E-state index in [9.17, 15) is 5.11 Å². The van der Waals surface area contributed by atoms with Crippen LogP contribution in [-0.4, -0.2) is 35.7 Å². The zero-order valence-electron chi connectivity index (χ0n) is 16.2. The predicted octanol–water partition coefficient (Wildman–Crippen LogP) is 4.06. The van der Waals surface area contributed by atoms with Gasteiger partial charge < -0.3 is 19.3 Å². The first-order chi connectivity index (χ1) is 13.1. The lowest BCUT2D eigenvalue weighted by molar-refractivity contribution is -0.218. The second-order valence-electron chi connectivity index (χ2n) is 7.07. The summed E-state index contributed by atoms with van der Waals surface area (Å²) in [4.78, 5) is 4.51. The first-order valence-electron chi connectivity index (χ1n) is 9.80. The van der Waals surface area contributed by atoms with Crippen molar-refractivity contribution in [3.8, 4) is 11.6 Å². The molecule has 2 heterocycles. The molecule has 0 bridgehead atoms. The normalized spacial score (nSPS) is 19.8. The van der Waals surface area contributed by atoms with E-state index in [2.05, 4.69) is 36.2 Å². The van der Waals surface area contributed by atoms with Gasteiger partial charge in [-0.15, -0.1) is 0 Å². The SMILES string of the molecule is CCCc1ccc(CCc2cc(O)cc(OCC3OCCC(C)O3)n2)cc1. The molecule has 1 aromatic carbocycles. The maximum absolute atomic E-state index is 9.98. The lowest BCUT2D eigenvalue weighted by Crippen LogP contribution is -2.34. The first kappa shape index (κ1) is 19.6. The molecule has 0 aliphatic carbocycles. The molecule has 1 N–H and O–H groups in total. The monoisotopic (exact) mass is 371 g/mol. The highest BCUT2D eigenvalue weighted by molar-refractivity contribution is 5.30. The number of rotatable bonds is 8. The second kappa shape index (κ2) is 9.72. The van der Waals surface area contributed by atoms with Crippen LogP contribution in [0.5, 0.6) is 11.6 Å². The number of aromatic hydroxyl groups is 1. The van der Waals surface area contributed by atoms with Crippen molar-refractivity contribution in [3.05, 3.63) is 53.2 Å². The van der Waals surface area contributed by atoms with Crippen LogP contribution in [0.4, 0.5) is 0 Å². The van der Waals surface area contributed by atoms with Crippen molar-refractivity contribution < 1.29 is 19.3 Å². The molecule has 2 aromatic rings. The molecule has 5 nitrogen and oxygen atoms in total. The zero-order valence-corrected chi connectivity index (χ0v) is 16.2. The van der Waals surface area contributed by atoms with E-state index in [4.69, 9.17) is 14.2 Å². The molecule has 146 valence electrons. The lowest BCUT2D eigenvalue weighted by atomic mass is 10.0. The van der Waals surface area contributed by atoms with E-state index >= 15 is 0 Å². The van der Waals surface area contributed by atoms with Crippen molar-refractivity contribution in [2.75, 3.05) is 13.2 Å². The van der Waals surface area contributed by atoms with Crippen molar-refractivity contribution in [2.24, 2.45) is 0 Å². The minimum absolute atomic E-state index is 0.159. The zero-order chi connectivity index (χ0) is 19.1. The Labute approximate surface area is 161 Å². The van der Waals surface area contributed by atoms with Crippen molar-refractivity contribution in [1.29, 1.82) is 0 Å². The Morgan fingerprint density at radius 2 is 1.85 bits per heavy atom.